The molecule has 5 rings (SSSR count). The number of piperazine rings is 1. The first-order valence-corrected chi connectivity index (χ1v) is 11.3. The lowest BCUT2D eigenvalue weighted by molar-refractivity contribution is -0.160. The van der Waals surface area contributed by atoms with Crippen LogP contribution in [0.3, 0.4) is 0 Å². The van der Waals surface area contributed by atoms with E-state index in [2.05, 4.69) is 15.1 Å². The summed E-state index contributed by atoms with van der Waals surface area (Å²) < 4.78 is 93.5. The van der Waals surface area contributed by atoms with Crippen LogP contribution in [0.4, 0.5) is 36.7 Å². The molecule has 200 valence electrons. The molecule has 1 amide bonds. The van der Waals surface area contributed by atoms with Crippen LogP contribution in [0.25, 0.3) is 0 Å². The average Bonchev–Trinajstić information content (AvgIpc) is 3.23. The zero-order valence-corrected chi connectivity index (χ0v) is 19.0. The minimum absolute atomic E-state index is 0.0339. The van der Waals surface area contributed by atoms with Gasteiger partial charge in [0.2, 0.25) is 11.6 Å². The molecule has 4 heterocycles. The summed E-state index contributed by atoms with van der Waals surface area (Å²) in [5, 5.41) is 5.65. The van der Waals surface area contributed by atoms with Crippen molar-refractivity contribution in [2.45, 2.75) is 36.9 Å². The van der Waals surface area contributed by atoms with Crippen LogP contribution in [0.15, 0.2) is 17.2 Å². The van der Waals surface area contributed by atoms with Gasteiger partial charge in [-0.25, -0.2) is 19.5 Å². The molecule has 37 heavy (non-hydrogen) atoms. The second-order valence-electron chi connectivity index (χ2n) is 9.26. The predicted octanol–water partition coefficient (Wildman–Crippen LogP) is 1.96. The van der Waals surface area contributed by atoms with Crippen molar-refractivity contribution in [2.24, 2.45) is 0 Å². The van der Waals surface area contributed by atoms with E-state index in [1.54, 1.807) is 4.90 Å². The number of hydrogen-bond donors (Lipinski definition) is 1. The fraction of sp³-hybridized carbons (Fsp3) is 0.571. The van der Waals surface area contributed by atoms with E-state index in [1.807, 2.05) is 5.10 Å². The average molecular weight is 535 g/mol. The highest BCUT2D eigenvalue weighted by atomic mass is 19.4. The van der Waals surface area contributed by atoms with Gasteiger partial charge in [0.15, 0.2) is 0 Å². The van der Waals surface area contributed by atoms with E-state index in [0.29, 0.717) is 12.4 Å². The molecule has 0 radical (unpaired) electrons. The molecule has 1 atom stereocenters. The van der Waals surface area contributed by atoms with Gasteiger partial charge in [0.25, 0.3) is 11.5 Å². The van der Waals surface area contributed by atoms with Gasteiger partial charge in [-0.15, -0.1) is 0 Å². The molecule has 2 aromatic heterocycles. The van der Waals surface area contributed by atoms with E-state index >= 15 is 4.39 Å². The molecule has 3 aliphatic rings. The SMILES string of the molecule is O=C(N1CCN(c2ncc(C(F)(F)F)cn2)CC1)C1(F)CN([C@@H]2CCc3c2n[nH]c(=O)c3C(F)(F)F)C1. The van der Waals surface area contributed by atoms with Crippen LogP contribution in [0, 0.1) is 0 Å². The van der Waals surface area contributed by atoms with Gasteiger partial charge in [-0.3, -0.25) is 14.5 Å². The fourth-order valence-corrected chi connectivity index (χ4v) is 5.08. The molecule has 2 aliphatic heterocycles. The molecule has 0 saturated carbocycles. The molecule has 0 bridgehead atoms. The Morgan fingerprint density at radius 2 is 1.62 bits per heavy atom. The quantitative estimate of drug-likeness (QED) is 0.601. The third kappa shape index (κ3) is 4.51. The number of likely N-dealkylation sites (tertiary alicyclic amines) is 1. The van der Waals surface area contributed by atoms with Crippen LogP contribution in [0.1, 0.15) is 34.8 Å². The maximum Gasteiger partial charge on any atom is 0.422 e. The summed E-state index contributed by atoms with van der Waals surface area (Å²) in [6.07, 6.45) is -7.91. The maximum absolute atomic E-state index is 15.4. The number of aromatic amines is 1. The molecule has 1 aliphatic carbocycles. The number of anilines is 1. The summed E-state index contributed by atoms with van der Waals surface area (Å²) in [6.45, 7) is -0.104. The highest BCUT2D eigenvalue weighted by Gasteiger charge is 2.55. The number of fused-ring (bicyclic) bond motifs is 1. The molecule has 1 N–H and O–H groups in total. The number of carbonyl (C=O) groups is 1. The molecule has 2 saturated heterocycles. The number of alkyl halides is 7. The van der Waals surface area contributed by atoms with Crippen molar-refractivity contribution < 1.29 is 35.5 Å². The van der Waals surface area contributed by atoms with Gasteiger partial charge < -0.3 is 9.80 Å². The first-order chi connectivity index (χ1) is 17.3. The summed E-state index contributed by atoms with van der Waals surface area (Å²) >= 11 is 0. The molecule has 0 spiro atoms. The van der Waals surface area contributed by atoms with Gasteiger partial charge in [0.05, 0.1) is 17.3 Å². The van der Waals surface area contributed by atoms with Crippen molar-refractivity contribution in [3.8, 4) is 0 Å². The second kappa shape index (κ2) is 8.63. The minimum Gasteiger partial charge on any atom is -0.337 e. The number of halogens is 7. The van der Waals surface area contributed by atoms with Gasteiger partial charge in [-0.05, 0) is 18.4 Å². The van der Waals surface area contributed by atoms with Crippen LogP contribution in [0.2, 0.25) is 0 Å². The number of aromatic nitrogens is 4. The summed E-state index contributed by atoms with van der Waals surface area (Å²) in [7, 11) is 0. The first-order valence-electron chi connectivity index (χ1n) is 11.3. The van der Waals surface area contributed by atoms with Crippen molar-refractivity contribution in [2.75, 3.05) is 44.2 Å². The number of hydrogen-bond acceptors (Lipinski definition) is 7. The van der Waals surface area contributed by atoms with Gasteiger partial charge in [-0.1, -0.05) is 0 Å². The molecule has 16 heteroatoms. The third-order valence-corrected chi connectivity index (χ3v) is 6.93. The Balaban J connectivity index is 1.20. The number of nitrogens with zero attached hydrogens (tertiary/aromatic N) is 6. The lowest BCUT2D eigenvalue weighted by Crippen LogP contribution is -2.68. The van der Waals surface area contributed by atoms with Crippen molar-refractivity contribution in [3.05, 3.63) is 45.1 Å². The Morgan fingerprint density at radius 3 is 2.19 bits per heavy atom. The first kappa shape index (κ1) is 25.4. The highest BCUT2D eigenvalue weighted by molar-refractivity contribution is 5.87. The zero-order chi connectivity index (χ0) is 26.8. The highest BCUT2D eigenvalue weighted by Crippen LogP contribution is 2.44. The normalized spacial score (nSPS) is 22.1. The summed E-state index contributed by atoms with van der Waals surface area (Å²) in [5.74, 6) is -0.700. The number of rotatable bonds is 3. The smallest absolute Gasteiger partial charge is 0.337 e. The molecule has 0 unspecified atom stereocenters. The van der Waals surface area contributed by atoms with E-state index in [9.17, 15) is 35.9 Å². The molecule has 2 fully saturated rings. The van der Waals surface area contributed by atoms with Crippen LogP contribution < -0.4 is 10.5 Å². The van der Waals surface area contributed by atoms with Crippen molar-refractivity contribution in [1.29, 1.82) is 0 Å². The van der Waals surface area contributed by atoms with E-state index in [4.69, 9.17) is 0 Å². The van der Waals surface area contributed by atoms with Crippen molar-refractivity contribution in [1.82, 2.24) is 30.0 Å². The van der Waals surface area contributed by atoms with Crippen LogP contribution in [-0.2, 0) is 23.6 Å². The minimum atomic E-state index is -4.85. The Bertz CT molecular complexity index is 1250. The number of amides is 1. The van der Waals surface area contributed by atoms with Gasteiger partial charge in [0, 0.05) is 51.7 Å². The largest absolute Gasteiger partial charge is 0.422 e. The zero-order valence-electron chi connectivity index (χ0n) is 19.0. The number of carbonyl (C=O) groups excluding carboxylic acids is 1. The fourth-order valence-electron chi connectivity index (χ4n) is 5.08. The molecule has 0 aromatic carbocycles. The van der Waals surface area contributed by atoms with E-state index < -0.39 is 46.7 Å². The van der Waals surface area contributed by atoms with Crippen molar-refractivity contribution in [3.63, 3.8) is 0 Å². The second-order valence-corrected chi connectivity index (χ2v) is 9.26. The summed E-state index contributed by atoms with van der Waals surface area (Å²) in [6, 6.07) is -0.654. The Hall–Kier alpha value is -3.30. The van der Waals surface area contributed by atoms with Crippen LogP contribution in [-0.4, -0.2) is 80.8 Å². The predicted molar refractivity (Wildman–Crippen MR) is 112 cm³/mol. The number of nitrogens with one attached hydrogen (secondary N) is 1. The van der Waals surface area contributed by atoms with Gasteiger partial charge >= 0.3 is 12.4 Å². The van der Waals surface area contributed by atoms with Gasteiger partial charge in [0.1, 0.15) is 5.56 Å². The lowest BCUT2D eigenvalue weighted by Gasteiger charge is -2.48. The number of H-pyrrole nitrogens is 1. The monoisotopic (exact) mass is 535 g/mol. The van der Waals surface area contributed by atoms with Gasteiger partial charge in [-0.2, -0.15) is 31.4 Å². The Labute approximate surface area is 204 Å². The van der Waals surface area contributed by atoms with Crippen LogP contribution >= 0.6 is 0 Å². The lowest BCUT2D eigenvalue weighted by atomic mass is 9.91. The molecular weight excluding hydrogens is 515 g/mol. The third-order valence-electron chi connectivity index (χ3n) is 6.93. The van der Waals surface area contributed by atoms with E-state index in [1.165, 1.54) is 9.80 Å². The van der Waals surface area contributed by atoms with Crippen LogP contribution in [0.5, 0.6) is 0 Å². The summed E-state index contributed by atoms with van der Waals surface area (Å²) in [5.41, 5.74) is -6.01. The standard InChI is InChI=1S/C21H20F7N7O2/c22-19(9-35(10-19)13-2-1-12-14(21(26,27)28)16(36)32-31-15(12)13)17(37)33-3-5-34(6-4-33)18-29-7-11(8-30-18)20(23,24)25/h7-8,13H,1-6,9-10H2,(H,32,36)/t13-/m1/s1. The molecule has 2 aromatic rings. The maximum atomic E-state index is 15.4. The topological polar surface area (TPSA) is 98.3 Å². The van der Waals surface area contributed by atoms with E-state index in [0.717, 1.165) is 0 Å². The Kier molecular flexibility index (Phi) is 5.91. The molecule has 9 nitrogen and oxygen atoms in total. The summed E-state index contributed by atoms with van der Waals surface area (Å²) in [4.78, 5) is 36.4. The van der Waals surface area contributed by atoms with Crippen molar-refractivity contribution >= 4 is 11.9 Å². The Morgan fingerprint density at radius 1 is 1.00 bits per heavy atom. The van der Waals surface area contributed by atoms with E-state index in [-0.39, 0.29) is 69.3 Å². The molecular formula is C21H20F7N7O2.